The van der Waals surface area contributed by atoms with Crippen LogP contribution in [-0.4, -0.2) is 42.8 Å². The summed E-state index contributed by atoms with van der Waals surface area (Å²) in [6.45, 7) is 9.57. The number of nitrogens with zero attached hydrogens (tertiary/aromatic N) is 1. The molecule has 1 amide bonds. The van der Waals surface area contributed by atoms with E-state index in [1.807, 2.05) is 69.3 Å². The van der Waals surface area contributed by atoms with Gasteiger partial charge >= 0.3 is 0 Å². The number of aryl methyl sites for hydroxylation is 1. The summed E-state index contributed by atoms with van der Waals surface area (Å²) in [5, 5.41) is 17.4. The van der Waals surface area contributed by atoms with Crippen molar-refractivity contribution in [3.63, 3.8) is 0 Å². The molecule has 1 saturated heterocycles. The molecule has 0 saturated carbocycles. The number of carbonyl (C=O) groups is 1. The molecule has 0 radical (unpaired) electrons. The molecular weight excluding hydrogens is 450 g/mol. The van der Waals surface area contributed by atoms with Gasteiger partial charge in [-0.2, -0.15) is 0 Å². The summed E-state index contributed by atoms with van der Waals surface area (Å²) in [7, 11) is 1.80. The highest BCUT2D eigenvalue weighted by molar-refractivity contribution is 5.99. The zero-order chi connectivity index (χ0) is 26.1. The van der Waals surface area contributed by atoms with E-state index in [1.165, 1.54) is 0 Å². The lowest BCUT2D eigenvalue weighted by molar-refractivity contribution is 0.0929. The van der Waals surface area contributed by atoms with Crippen molar-refractivity contribution in [1.29, 1.82) is 5.41 Å². The Labute approximate surface area is 214 Å². The number of aromatic nitrogens is 1. The summed E-state index contributed by atoms with van der Waals surface area (Å²) in [5.41, 5.74) is 5.40. The van der Waals surface area contributed by atoms with Gasteiger partial charge in [0.05, 0.1) is 17.6 Å². The van der Waals surface area contributed by atoms with E-state index < -0.39 is 0 Å². The summed E-state index contributed by atoms with van der Waals surface area (Å²) in [5.74, 6) is 1.27. The van der Waals surface area contributed by atoms with E-state index >= 15 is 0 Å². The fourth-order valence-corrected chi connectivity index (χ4v) is 4.19. The van der Waals surface area contributed by atoms with Gasteiger partial charge in [0.15, 0.2) is 0 Å². The molecule has 190 valence electrons. The molecule has 2 heterocycles. The summed E-state index contributed by atoms with van der Waals surface area (Å²) in [4.78, 5) is 17.1. The SMILES string of the molecule is CC.CNc1cc(Oc2cccc(-c3ccc(C(=O)NC4CCNCC4)c(C)c3)c2)cnc1C(C)=N. The van der Waals surface area contributed by atoms with E-state index in [4.69, 9.17) is 10.1 Å². The fourth-order valence-electron chi connectivity index (χ4n) is 4.19. The normalized spacial score (nSPS) is 13.2. The van der Waals surface area contributed by atoms with E-state index in [0.717, 1.165) is 48.3 Å². The Morgan fingerprint density at radius 3 is 2.44 bits per heavy atom. The maximum Gasteiger partial charge on any atom is 0.251 e. The topological polar surface area (TPSA) is 99.1 Å². The molecule has 0 spiro atoms. The minimum absolute atomic E-state index is 0.00974. The number of anilines is 1. The third kappa shape index (κ3) is 6.70. The van der Waals surface area contributed by atoms with E-state index in [-0.39, 0.29) is 11.9 Å². The zero-order valence-electron chi connectivity index (χ0n) is 21.9. The second-order valence-electron chi connectivity index (χ2n) is 8.60. The van der Waals surface area contributed by atoms with E-state index in [0.29, 0.717) is 28.5 Å². The molecule has 7 nitrogen and oxygen atoms in total. The Hall–Kier alpha value is -3.71. The summed E-state index contributed by atoms with van der Waals surface area (Å²) in [6, 6.07) is 15.8. The number of nitrogens with one attached hydrogen (secondary N) is 4. The lowest BCUT2D eigenvalue weighted by atomic mass is 9.98. The van der Waals surface area contributed by atoms with Crippen molar-refractivity contribution in [1.82, 2.24) is 15.6 Å². The highest BCUT2D eigenvalue weighted by Crippen LogP contribution is 2.30. The predicted octanol–water partition coefficient (Wildman–Crippen LogP) is 5.79. The molecule has 1 aromatic heterocycles. The number of carbonyl (C=O) groups excluding carboxylic acids is 1. The monoisotopic (exact) mass is 487 g/mol. The van der Waals surface area contributed by atoms with Crippen LogP contribution in [0.4, 0.5) is 5.69 Å². The molecule has 1 fully saturated rings. The molecule has 3 aromatic rings. The van der Waals surface area contributed by atoms with E-state index in [2.05, 4.69) is 20.9 Å². The van der Waals surface area contributed by atoms with Crippen LogP contribution in [0.1, 0.15) is 55.2 Å². The van der Waals surface area contributed by atoms with Gasteiger partial charge < -0.3 is 26.1 Å². The van der Waals surface area contributed by atoms with Crippen molar-refractivity contribution in [2.75, 3.05) is 25.5 Å². The van der Waals surface area contributed by atoms with Crippen LogP contribution in [0.15, 0.2) is 54.7 Å². The van der Waals surface area contributed by atoms with Gasteiger partial charge in [0.2, 0.25) is 0 Å². The van der Waals surface area contributed by atoms with Gasteiger partial charge in [-0.3, -0.25) is 4.79 Å². The van der Waals surface area contributed by atoms with Crippen molar-refractivity contribution < 1.29 is 9.53 Å². The summed E-state index contributed by atoms with van der Waals surface area (Å²) < 4.78 is 6.05. The second-order valence-corrected chi connectivity index (χ2v) is 8.60. The Bertz CT molecular complexity index is 1200. The van der Waals surface area contributed by atoms with Crippen LogP contribution < -0.4 is 20.7 Å². The molecule has 4 N–H and O–H groups in total. The van der Waals surface area contributed by atoms with Crippen molar-refractivity contribution >= 4 is 17.3 Å². The summed E-state index contributed by atoms with van der Waals surface area (Å²) >= 11 is 0. The van der Waals surface area contributed by atoms with Crippen LogP contribution in [0.25, 0.3) is 11.1 Å². The Kier molecular flexibility index (Phi) is 9.59. The number of ether oxygens (including phenoxy) is 1. The van der Waals surface area contributed by atoms with Crippen molar-refractivity contribution in [2.45, 2.75) is 46.6 Å². The van der Waals surface area contributed by atoms with Crippen molar-refractivity contribution in [3.8, 4) is 22.6 Å². The van der Waals surface area contributed by atoms with Crippen LogP contribution in [0.3, 0.4) is 0 Å². The molecule has 2 aromatic carbocycles. The average Bonchev–Trinajstić information content (AvgIpc) is 2.90. The Morgan fingerprint density at radius 2 is 1.78 bits per heavy atom. The van der Waals surface area contributed by atoms with Gasteiger partial charge in [0, 0.05) is 24.7 Å². The largest absolute Gasteiger partial charge is 0.456 e. The first-order valence-electron chi connectivity index (χ1n) is 12.6. The van der Waals surface area contributed by atoms with E-state index in [9.17, 15) is 4.79 Å². The number of pyridine rings is 1. The molecular formula is C29H37N5O2. The minimum Gasteiger partial charge on any atom is -0.456 e. The van der Waals surface area contributed by atoms with E-state index in [1.54, 1.807) is 20.2 Å². The molecule has 0 bridgehead atoms. The van der Waals surface area contributed by atoms with Gasteiger partial charge in [-0.05, 0) is 74.7 Å². The summed E-state index contributed by atoms with van der Waals surface area (Å²) in [6.07, 6.45) is 3.55. The molecule has 1 aliphatic rings. The molecule has 4 rings (SSSR count). The highest BCUT2D eigenvalue weighted by Gasteiger charge is 2.18. The fraction of sp³-hybridized carbons (Fsp3) is 0.345. The van der Waals surface area contributed by atoms with Gasteiger partial charge in [-0.25, -0.2) is 4.98 Å². The van der Waals surface area contributed by atoms with Crippen LogP contribution in [0, 0.1) is 12.3 Å². The average molecular weight is 488 g/mol. The molecule has 36 heavy (non-hydrogen) atoms. The zero-order valence-corrected chi connectivity index (χ0v) is 21.9. The smallest absolute Gasteiger partial charge is 0.251 e. The second kappa shape index (κ2) is 12.8. The lowest BCUT2D eigenvalue weighted by Crippen LogP contribution is -2.42. The number of hydrogen-bond donors (Lipinski definition) is 4. The molecule has 7 heteroatoms. The maximum absolute atomic E-state index is 12.8. The first kappa shape index (κ1) is 26.9. The number of piperidine rings is 1. The first-order chi connectivity index (χ1) is 17.4. The van der Waals surface area contributed by atoms with Gasteiger partial charge in [-0.1, -0.05) is 38.1 Å². The van der Waals surface area contributed by atoms with Crippen LogP contribution in [0.2, 0.25) is 0 Å². The molecule has 0 unspecified atom stereocenters. The first-order valence-corrected chi connectivity index (χ1v) is 12.6. The van der Waals surface area contributed by atoms with Crippen molar-refractivity contribution in [2.24, 2.45) is 0 Å². The number of rotatable bonds is 7. The molecule has 0 aliphatic carbocycles. The number of amides is 1. The van der Waals surface area contributed by atoms with Gasteiger partial charge in [-0.15, -0.1) is 0 Å². The number of hydrogen-bond acceptors (Lipinski definition) is 6. The quantitative estimate of drug-likeness (QED) is 0.316. The Morgan fingerprint density at radius 1 is 1.06 bits per heavy atom. The molecule has 0 atom stereocenters. The van der Waals surface area contributed by atoms with Gasteiger partial charge in [0.1, 0.15) is 17.2 Å². The Balaban J connectivity index is 0.00000176. The van der Waals surface area contributed by atoms with Gasteiger partial charge in [0.25, 0.3) is 5.91 Å². The minimum atomic E-state index is -0.00974. The van der Waals surface area contributed by atoms with Crippen molar-refractivity contribution in [3.05, 3.63) is 71.5 Å². The molecule has 1 aliphatic heterocycles. The van der Waals surface area contributed by atoms with Crippen LogP contribution in [0.5, 0.6) is 11.5 Å². The lowest BCUT2D eigenvalue weighted by Gasteiger charge is -2.24. The van der Waals surface area contributed by atoms with Crippen LogP contribution in [-0.2, 0) is 0 Å². The standard InChI is InChI=1S/C27H31N5O2.C2H6/c1-17-13-20(7-8-24(17)27(33)32-21-9-11-30-12-10-21)19-5-4-6-22(14-19)34-23-15-25(29-3)26(18(2)28)31-16-23;1-2/h4-8,13-16,21,28-30H,9-12H2,1-3H3,(H,32,33);1-2H3. The highest BCUT2D eigenvalue weighted by atomic mass is 16.5. The van der Waals surface area contributed by atoms with Crippen LogP contribution >= 0.6 is 0 Å². The number of benzene rings is 2. The third-order valence-electron chi connectivity index (χ3n) is 6.04. The maximum atomic E-state index is 12.8. The third-order valence-corrected chi connectivity index (χ3v) is 6.04. The predicted molar refractivity (Wildman–Crippen MR) is 148 cm³/mol.